The van der Waals surface area contributed by atoms with Gasteiger partial charge in [0.05, 0.1) is 113 Å². The molecule has 10 aromatic carbocycles. The number of aromatic nitrogens is 8. The Hall–Kier alpha value is -16.3. The lowest BCUT2D eigenvalue weighted by Gasteiger charge is -2.22. The maximum Gasteiger partial charge on any atom is 0.280 e. The first-order chi connectivity index (χ1) is 68.0. The Bertz CT molecular complexity index is 8740. The predicted molar refractivity (Wildman–Crippen MR) is 548 cm³/mol. The van der Waals surface area contributed by atoms with Gasteiger partial charge in [0.15, 0.2) is 11.0 Å². The Morgan fingerprint density at radius 1 is 0.392 bits per heavy atom. The molecule has 0 radical (unpaired) electrons. The van der Waals surface area contributed by atoms with Crippen LogP contribution in [0.1, 0.15) is 88.0 Å². The Morgan fingerprint density at radius 2 is 0.741 bits per heavy atom. The second kappa shape index (κ2) is 39.8. The lowest BCUT2D eigenvalue weighted by atomic mass is 9.97. The lowest BCUT2D eigenvalue weighted by molar-refractivity contribution is 0.0956. The minimum Gasteiger partial charge on any atom is -0.494 e. The minimum atomic E-state index is -3.80. The first-order valence-corrected chi connectivity index (χ1v) is 50.1. The molecule has 0 aliphatic heterocycles. The monoisotopic (exact) mass is 1990 g/mol. The zero-order valence-corrected chi connectivity index (χ0v) is 83.2. The van der Waals surface area contributed by atoms with E-state index in [1.54, 1.807) is 96.2 Å². The lowest BCUT2D eigenvalue weighted by Crippen LogP contribution is -2.31. The van der Waals surface area contributed by atoms with Gasteiger partial charge in [0.2, 0.25) is 30.1 Å². The van der Waals surface area contributed by atoms with E-state index in [4.69, 9.17) is 42.7 Å². The number of rotatable bonds is 24. The number of nitrogens with zero attached hydrogens (tertiary/aromatic N) is 11. The van der Waals surface area contributed by atoms with Gasteiger partial charge in [-0.05, 0) is 191 Å². The molecule has 3 N–H and O–H groups in total. The van der Waals surface area contributed by atoms with Crippen LogP contribution in [0.25, 0.3) is 133 Å². The molecule has 0 aliphatic carbocycles. The molecule has 8 heterocycles. The van der Waals surface area contributed by atoms with E-state index < -0.39 is 76.8 Å². The van der Waals surface area contributed by atoms with E-state index >= 15 is 0 Å². The van der Waals surface area contributed by atoms with E-state index in [-0.39, 0.29) is 113 Å². The number of carbonyl (C=O) groups excluding carboxylic acids is 3. The number of ether oxygens (including phenoxy) is 2. The number of fused-ring (bicyclic) bond motifs is 6. The van der Waals surface area contributed by atoms with Crippen LogP contribution in [0.15, 0.2) is 246 Å². The van der Waals surface area contributed by atoms with Gasteiger partial charge in [0.25, 0.3) is 34.4 Å². The summed E-state index contributed by atoms with van der Waals surface area (Å²) in [4.78, 5) is 106. The molecule has 0 aliphatic rings. The summed E-state index contributed by atoms with van der Waals surface area (Å²) in [5.41, 5.74) is 11.4. The molecule has 37 heteroatoms. The molecule has 3 amide bonds. The first-order valence-electron chi connectivity index (χ1n) is 44.6. The quantitative estimate of drug-likeness (QED) is 0.0506. The average Bonchev–Trinajstić information content (AvgIpc) is 1.65. The van der Waals surface area contributed by atoms with Crippen molar-refractivity contribution in [2.75, 3.05) is 94.8 Å². The molecule has 0 saturated carbocycles. The smallest absolute Gasteiger partial charge is 0.280 e. The number of methoxy groups -OCH3 is 2. The van der Waals surface area contributed by atoms with Crippen LogP contribution in [0.3, 0.4) is 0 Å². The normalized spacial score (nSPS) is 11.9. The summed E-state index contributed by atoms with van der Waals surface area (Å²) in [6, 6.07) is 58.9. The third-order valence-corrected chi connectivity index (χ3v) is 28.4. The predicted octanol–water partition coefficient (Wildman–Crippen LogP) is 17.1. The molecule has 18 rings (SSSR count). The number of benzene rings is 10. The summed E-state index contributed by atoms with van der Waals surface area (Å²) in [6.45, 7) is 12.0. The fourth-order valence-electron chi connectivity index (χ4n) is 17.0. The third kappa shape index (κ3) is 19.9. The van der Waals surface area contributed by atoms with E-state index in [1.165, 1.54) is 140 Å². The zero-order valence-electron chi connectivity index (χ0n) is 80.7. The third-order valence-electron chi connectivity index (χ3n) is 24.8. The number of amides is 3. The number of hydrogen-bond donors (Lipinski definition) is 3. The summed E-state index contributed by atoms with van der Waals surface area (Å²) >= 11 is 0. The number of furan rings is 3. The van der Waals surface area contributed by atoms with Crippen LogP contribution in [0.5, 0.6) is 5.75 Å². The van der Waals surface area contributed by atoms with E-state index in [0.29, 0.717) is 108 Å². The molecule has 0 spiro atoms. The van der Waals surface area contributed by atoms with Crippen molar-refractivity contribution in [1.29, 1.82) is 0 Å². The van der Waals surface area contributed by atoms with Gasteiger partial charge in [-0.15, -0.1) is 0 Å². The fourth-order valence-corrected chi connectivity index (χ4v) is 18.5. The highest BCUT2D eigenvalue weighted by atomic mass is 32.2. The van der Waals surface area contributed by atoms with Crippen LogP contribution in [-0.2, 0) is 47.9 Å². The van der Waals surface area contributed by atoms with Crippen molar-refractivity contribution in [2.24, 2.45) is 0 Å². The molecule has 8 aromatic heterocycles. The van der Waals surface area contributed by atoms with Crippen LogP contribution < -0.4 is 50.3 Å². The maximum atomic E-state index is 14.3. The fraction of sp³-hybridized carbons (Fsp3) is 0.198. The summed E-state index contributed by atoms with van der Waals surface area (Å²) in [6.07, 6.45) is 3.19. The van der Waals surface area contributed by atoms with Crippen molar-refractivity contribution in [3.8, 4) is 73.4 Å². The number of carbonyl (C=O) groups is 3. The van der Waals surface area contributed by atoms with E-state index in [0.717, 1.165) is 65.1 Å². The van der Waals surface area contributed by atoms with Gasteiger partial charge in [-0.2, -0.15) is 0 Å². The maximum absolute atomic E-state index is 14.3. The van der Waals surface area contributed by atoms with Crippen molar-refractivity contribution >= 4 is 131 Å². The summed E-state index contributed by atoms with van der Waals surface area (Å²) in [5, 5.41) is 9.26. The van der Waals surface area contributed by atoms with Crippen LogP contribution >= 0.6 is 0 Å². The Labute approximate surface area is 819 Å². The van der Waals surface area contributed by atoms with Gasteiger partial charge in [0, 0.05) is 117 Å². The Morgan fingerprint density at radius 3 is 1.11 bits per heavy atom. The van der Waals surface area contributed by atoms with E-state index in [1.807, 2.05) is 93.6 Å². The molecule has 18 aromatic rings. The summed E-state index contributed by atoms with van der Waals surface area (Å²) in [5.74, 6) is -0.414. The van der Waals surface area contributed by atoms with Gasteiger partial charge in [-0.3, -0.25) is 55.4 Å². The molecular formula is C106H97F3N14O17S3. The molecule has 732 valence electrons. The number of anilines is 3. The molecule has 1 atom stereocenters. The second-order valence-electron chi connectivity index (χ2n) is 34.5. The van der Waals surface area contributed by atoms with Crippen LogP contribution in [0.4, 0.5) is 30.2 Å². The molecule has 143 heavy (non-hydrogen) atoms. The number of pyridine rings is 2. The Balaban J connectivity index is 0.000000154. The van der Waals surface area contributed by atoms with Crippen molar-refractivity contribution in [3.05, 3.63) is 334 Å². The molecule has 0 fully saturated rings. The number of nitrogens with one attached hydrogen (secondary N) is 3. The highest BCUT2D eigenvalue weighted by Crippen LogP contribution is 2.47. The van der Waals surface area contributed by atoms with Crippen LogP contribution in [0.2, 0.25) is 0 Å². The largest absolute Gasteiger partial charge is 0.494 e. The van der Waals surface area contributed by atoms with Crippen LogP contribution in [0, 0.1) is 59.0 Å². The SMILES string of the molecule is CNC(=O)c1c(-c2ccc(F)cc2)oc2cc(N(C)S(C)(=O)=O)c(-c3cc(OC)c4nc(C)n(Cc5ccc(C)cc5)c(=O)c4c3)cc12.CNC(=O)c1c(-c2ccc(F)cc2)oc2cc(N(C)S(C)(=O)=O)c(-c3ccc4nc(C)n(Cc5ccc(C)cc5)c(=O)c4n3)cc12.CNC(=O)c1c(-c2ccc(F)cc2)oc2cc(N(C)S(C)(=O)=O)c(-c3ccc4nc(C)n([C@H](COC)c5ccc(C)cc5)c(=O)c4n3)cc12. The summed E-state index contributed by atoms with van der Waals surface area (Å²) in [7, 11) is 0.279. The number of aryl methyl sites for hydroxylation is 6. The number of sulfonamides is 3. The molecule has 0 saturated heterocycles. The topological polar surface area (TPSA) is 388 Å². The molecule has 31 nitrogen and oxygen atoms in total. The van der Waals surface area contributed by atoms with Crippen molar-refractivity contribution in [3.63, 3.8) is 0 Å². The van der Waals surface area contributed by atoms with Crippen molar-refractivity contribution in [1.82, 2.24) is 54.6 Å². The number of hydrogen-bond acceptors (Lipinski definition) is 22. The highest BCUT2D eigenvalue weighted by Gasteiger charge is 2.33. The van der Waals surface area contributed by atoms with Gasteiger partial charge in [-0.1, -0.05) is 89.5 Å². The van der Waals surface area contributed by atoms with Crippen LogP contribution in [-0.4, -0.2) is 163 Å². The van der Waals surface area contributed by atoms with Gasteiger partial charge >= 0.3 is 0 Å². The van der Waals surface area contributed by atoms with E-state index in [2.05, 4.69) is 20.9 Å². The highest BCUT2D eigenvalue weighted by molar-refractivity contribution is 7.92. The molecule has 0 unspecified atom stereocenters. The van der Waals surface area contributed by atoms with Gasteiger partial charge < -0.3 is 38.7 Å². The van der Waals surface area contributed by atoms with E-state index in [9.17, 15) is 67.2 Å². The number of halogens is 3. The zero-order chi connectivity index (χ0) is 103. The van der Waals surface area contributed by atoms with Crippen molar-refractivity contribution in [2.45, 2.75) is 60.7 Å². The first kappa shape index (κ1) is 99.8. The standard InChI is InChI=1S/C36H34FN5O6S.C36H33FN4O6S.C34H30FN5O5S/c1-20-7-9-22(10-8-20)30(19-47-5)42-21(2)39-28-16-15-27(40-33(28)36(42)44)25-17-26-31(18-29(25)41(4)49(6,45)46)48-34(32(26)35(43)38-3)23-11-13-24(37)14-12-23;1-20-7-9-22(10-8-20)19-41-21(2)39-33-28(36(41)43)15-24(16-31(33)46-5)26-17-27-30(18-29(26)40(4)48(6,44)45)47-34(32(27)35(42)38-3)23-11-13-25(37)14-12-23;1-19-6-8-21(9-7-19)18-40-20(2)37-27-15-14-26(38-31(27)34(40)42)24-16-25-29(17-28(24)39(4)46(5,43)44)45-32(30(25)33(41)36-3)22-10-12-23(35)13-11-22/h7-18,30H,19H2,1-6H3,(H,38,43);7-18H,19H2,1-6H3,(H,38,42);6-17H,18H2,1-5H3,(H,36,41)/t30-;;/m1../s1. The second-order valence-corrected chi connectivity index (χ2v) is 40.5. The minimum absolute atomic E-state index is 0.0649. The Kier molecular flexibility index (Phi) is 27.8. The van der Waals surface area contributed by atoms with Crippen molar-refractivity contribution < 1.29 is 75.5 Å². The molecular weight excluding hydrogens is 1890 g/mol. The van der Waals surface area contributed by atoms with Gasteiger partial charge in [-0.25, -0.2) is 63.3 Å². The van der Waals surface area contributed by atoms with Gasteiger partial charge in [0.1, 0.15) is 80.2 Å². The summed E-state index contributed by atoms with van der Waals surface area (Å²) < 4.78 is 156. The molecule has 0 bridgehead atoms. The average molecular weight is 1990 g/mol.